The van der Waals surface area contributed by atoms with Crippen molar-refractivity contribution in [1.29, 1.82) is 0 Å². The Bertz CT molecular complexity index is 197. The van der Waals surface area contributed by atoms with Crippen molar-refractivity contribution in [3.63, 3.8) is 0 Å². The van der Waals surface area contributed by atoms with Crippen LogP contribution < -0.4 is 0 Å². The van der Waals surface area contributed by atoms with Crippen LogP contribution in [0.3, 0.4) is 0 Å². The Labute approximate surface area is 106 Å². The first-order chi connectivity index (χ1) is 8.27. The Morgan fingerprint density at radius 2 is 1.53 bits per heavy atom. The summed E-state index contributed by atoms with van der Waals surface area (Å²) in [6.45, 7) is 4.28. The molecule has 0 aromatic heterocycles. The molecule has 0 radical (unpaired) electrons. The maximum absolute atomic E-state index is 10.5. The van der Waals surface area contributed by atoms with E-state index >= 15 is 0 Å². The number of carbonyl (C=O) groups excluding carboxylic acids is 1. The zero-order chi connectivity index (χ0) is 12.8. The molecule has 0 aromatic carbocycles. The van der Waals surface area contributed by atoms with Gasteiger partial charge in [-0.15, -0.1) is 0 Å². The number of allylic oxidation sites excluding steroid dienone is 2. The second kappa shape index (κ2) is 13.3. The Balaban J connectivity index is 3.03. The highest BCUT2D eigenvalue weighted by atomic mass is 16.5. The molecular weight excluding hydrogens is 212 g/mol. The van der Waals surface area contributed by atoms with Gasteiger partial charge < -0.3 is 4.74 Å². The third kappa shape index (κ3) is 15.2. The molecule has 0 fully saturated rings. The summed E-state index contributed by atoms with van der Waals surface area (Å²) in [7, 11) is 0. The van der Waals surface area contributed by atoms with Crippen molar-refractivity contribution in [3.8, 4) is 0 Å². The number of ether oxygens (including phenoxy) is 1. The smallest absolute Gasteiger partial charge is 0.302 e. The molecule has 0 saturated carbocycles. The van der Waals surface area contributed by atoms with E-state index in [1.54, 1.807) is 0 Å². The summed E-state index contributed by atoms with van der Waals surface area (Å²) in [4.78, 5) is 10.5. The molecule has 0 aliphatic carbocycles. The van der Waals surface area contributed by atoms with Gasteiger partial charge in [0, 0.05) is 6.92 Å². The van der Waals surface area contributed by atoms with Gasteiger partial charge in [-0.1, -0.05) is 51.2 Å². The summed E-state index contributed by atoms with van der Waals surface area (Å²) < 4.78 is 4.87. The van der Waals surface area contributed by atoms with Crippen molar-refractivity contribution in [2.24, 2.45) is 0 Å². The van der Waals surface area contributed by atoms with Crippen molar-refractivity contribution in [2.45, 2.75) is 71.6 Å². The molecule has 0 bridgehead atoms. The van der Waals surface area contributed by atoms with Gasteiger partial charge in [0.2, 0.25) is 0 Å². The predicted molar refractivity (Wildman–Crippen MR) is 73.0 cm³/mol. The monoisotopic (exact) mass is 240 g/mol. The molecule has 0 atom stereocenters. The van der Waals surface area contributed by atoms with Crippen LogP contribution in [-0.2, 0) is 9.53 Å². The number of carbonyl (C=O) groups is 1. The van der Waals surface area contributed by atoms with Gasteiger partial charge in [-0.05, 0) is 25.7 Å². The number of esters is 1. The maximum atomic E-state index is 10.5. The summed E-state index contributed by atoms with van der Waals surface area (Å²) in [5.74, 6) is -0.165. The van der Waals surface area contributed by atoms with E-state index in [0.717, 1.165) is 6.42 Å². The number of rotatable bonds is 11. The van der Waals surface area contributed by atoms with Gasteiger partial charge in [0.15, 0.2) is 0 Å². The van der Waals surface area contributed by atoms with Crippen LogP contribution in [0.5, 0.6) is 0 Å². The molecule has 2 heteroatoms. The van der Waals surface area contributed by atoms with Gasteiger partial charge in [-0.3, -0.25) is 4.79 Å². The fourth-order valence-corrected chi connectivity index (χ4v) is 1.67. The quantitative estimate of drug-likeness (QED) is 0.299. The molecule has 0 aromatic rings. The lowest BCUT2D eigenvalue weighted by molar-refractivity contribution is -0.141. The van der Waals surface area contributed by atoms with Crippen LogP contribution in [0.4, 0.5) is 0 Å². The van der Waals surface area contributed by atoms with Crippen molar-refractivity contribution < 1.29 is 9.53 Å². The van der Waals surface area contributed by atoms with E-state index in [-0.39, 0.29) is 5.97 Å². The maximum Gasteiger partial charge on any atom is 0.302 e. The molecule has 0 aliphatic rings. The third-order valence-corrected chi connectivity index (χ3v) is 2.71. The zero-order valence-corrected chi connectivity index (χ0v) is 11.5. The first-order valence-corrected chi connectivity index (χ1v) is 7.05. The minimum absolute atomic E-state index is 0.165. The summed E-state index contributed by atoms with van der Waals surface area (Å²) in [5.41, 5.74) is 0. The van der Waals surface area contributed by atoms with E-state index in [1.807, 2.05) is 0 Å². The summed E-state index contributed by atoms with van der Waals surface area (Å²) in [6.07, 6.45) is 15.7. The van der Waals surface area contributed by atoms with Gasteiger partial charge in [0.25, 0.3) is 0 Å². The molecule has 0 aliphatic heterocycles. The van der Waals surface area contributed by atoms with Crippen LogP contribution in [0, 0.1) is 0 Å². The number of unbranched alkanes of at least 4 members (excludes halogenated alkanes) is 7. The van der Waals surface area contributed by atoms with E-state index < -0.39 is 0 Å². The first-order valence-electron chi connectivity index (χ1n) is 7.05. The molecule has 100 valence electrons. The van der Waals surface area contributed by atoms with Crippen LogP contribution in [0.25, 0.3) is 0 Å². The zero-order valence-electron chi connectivity index (χ0n) is 11.5. The third-order valence-electron chi connectivity index (χ3n) is 2.71. The van der Waals surface area contributed by atoms with Crippen molar-refractivity contribution >= 4 is 5.97 Å². The molecule has 2 nitrogen and oxygen atoms in total. The lowest BCUT2D eigenvalue weighted by Gasteiger charge is -2.01. The molecule has 0 saturated heterocycles. The van der Waals surface area contributed by atoms with Crippen molar-refractivity contribution in [1.82, 2.24) is 0 Å². The normalized spacial score (nSPS) is 10.9. The fraction of sp³-hybridized carbons (Fsp3) is 0.800. The molecule has 0 amide bonds. The second-order valence-electron chi connectivity index (χ2n) is 4.51. The molecule has 0 heterocycles. The highest BCUT2D eigenvalue weighted by Gasteiger charge is 1.93. The van der Waals surface area contributed by atoms with E-state index in [2.05, 4.69) is 19.1 Å². The summed E-state index contributed by atoms with van der Waals surface area (Å²) >= 11 is 0. The first kappa shape index (κ1) is 16.2. The van der Waals surface area contributed by atoms with Gasteiger partial charge in [-0.2, -0.15) is 0 Å². The van der Waals surface area contributed by atoms with Crippen LogP contribution in [0.15, 0.2) is 12.2 Å². The molecule has 17 heavy (non-hydrogen) atoms. The Hall–Kier alpha value is -0.790. The summed E-state index contributed by atoms with van der Waals surface area (Å²) in [5, 5.41) is 0. The Kier molecular flexibility index (Phi) is 12.7. The van der Waals surface area contributed by atoms with Crippen LogP contribution in [0.1, 0.15) is 71.6 Å². The lowest BCUT2D eigenvalue weighted by Crippen LogP contribution is -1.99. The summed E-state index contributed by atoms with van der Waals surface area (Å²) in [6, 6.07) is 0. The Morgan fingerprint density at radius 3 is 2.18 bits per heavy atom. The molecule has 0 rings (SSSR count). The minimum Gasteiger partial charge on any atom is -0.466 e. The standard InChI is InChI=1S/C15H28O2/c1-3-4-5-6-7-8-9-10-11-12-13-14-17-15(2)16/h6-7H,3-5,8-14H2,1-2H3/b7-6-. The predicted octanol–water partition coefficient (Wildman–Crippen LogP) is 4.64. The van der Waals surface area contributed by atoms with Crippen LogP contribution in [-0.4, -0.2) is 12.6 Å². The number of hydrogen-bond acceptors (Lipinski definition) is 2. The van der Waals surface area contributed by atoms with Gasteiger partial charge in [-0.25, -0.2) is 0 Å². The van der Waals surface area contributed by atoms with Crippen molar-refractivity contribution in [2.75, 3.05) is 6.61 Å². The largest absolute Gasteiger partial charge is 0.466 e. The minimum atomic E-state index is -0.165. The van der Waals surface area contributed by atoms with Crippen LogP contribution >= 0.6 is 0 Å². The van der Waals surface area contributed by atoms with Gasteiger partial charge in [0.1, 0.15) is 0 Å². The van der Waals surface area contributed by atoms with Crippen molar-refractivity contribution in [3.05, 3.63) is 12.2 Å². The van der Waals surface area contributed by atoms with Crippen LogP contribution in [0.2, 0.25) is 0 Å². The van der Waals surface area contributed by atoms with E-state index in [9.17, 15) is 4.79 Å². The topological polar surface area (TPSA) is 26.3 Å². The second-order valence-corrected chi connectivity index (χ2v) is 4.51. The lowest BCUT2D eigenvalue weighted by atomic mass is 10.1. The fourth-order valence-electron chi connectivity index (χ4n) is 1.67. The van der Waals surface area contributed by atoms with E-state index in [1.165, 1.54) is 58.3 Å². The highest BCUT2D eigenvalue weighted by Crippen LogP contribution is 2.06. The molecule has 0 N–H and O–H groups in total. The van der Waals surface area contributed by atoms with Gasteiger partial charge >= 0.3 is 5.97 Å². The van der Waals surface area contributed by atoms with Gasteiger partial charge in [0.05, 0.1) is 6.61 Å². The molecule has 0 spiro atoms. The molecular formula is C15H28O2. The molecule has 0 unspecified atom stereocenters. The SMILES string of the molecule is CCCC/C=C\CCCCCCCOC(C)=O. The average molecular weight is 240 g/mol. The van der Waals surface area contributed by atoms with E-state index in [0.29, 0.717) is 6.61 Å². The van der Waals surface area contributed by atoms with E-state index in [4.69, 9.17) is 4.74 Å². The Morgan fingerprint density at radius 1 is 0.941 bits per heavy atom. The highest BCUT2D eigenvalue weighted by molar-refractivity contribution is 5.65. The average Bonchev–Trinajstić information content (AvgIpc) is 2.30. The number of hydrogen-bond donors (Lipinski definition) is 0.